The molecule has 4 nitrogen and oxygen atoms in total. The van der Waals surface area contributed by atoms with Crippen LogP contribution in [0.5, 0.6) is 5.75 Å². The van der Waals surface area contributed by atoms with Crippen LogP contribution in [-0.4, -0.2) is 37.6 Å². The molecule has 5 heteroatoms. The molecular formula is C25H31FN2O2. The summed E-state index contributed by atoms with van der Waals surface area (Å²) in [6.07, 6.45) is 5.87. The zero-order valence-corrected chi connectivity index (χ0v) is 17.7. The summed E-state index contributed by atoms with van der Waals surface area (Å²) in [5.74, 6) is 0.588. The molecule has 1 aliphatic heterocycles. The highest BCUT2D eigenvalue weighted by Gasteiger charge is 2.43. The van der Waals surface area contributed by atoms with Crippen molar-refractivity contribution >= 4 is 5.91 Å². The van der Waals surface area contributed by atoms with E-state index in [0.29, 0.717) is 6.54 Å². The minimum absolute atomic E-state index is 0.0182. The Kier molecular flexibility index (Phi) is 6.38. The van der Waals surface area contributed by atoms with Crippen LogP contribution in [0.3, 0.4) is 0 Å². The van der Waals surface area contributed by atoms with E-state index < -0.39 is 5.41 Å². The summed E-state index contributed by atoms with van der Waals surface area (Å²) in [6, 6.07) is 14.7. The lowest BCUT2D eigenvalue weighted by Gasteiger charge is -2.32. The molecule has 1 saturated heterocycles. The number of para-hydroxylation sites is 1. The number of benzene rings is 2. The van der Waals surface area contributed by atoms with Crippen molar-refractivity contribution in [2.24, 2.45) is 0 Å². The summed E-state index contributed by atoms with van der Waals surface area (Å²) in [5.41, 5.74) is 1.28. The number of rotatable bonds is 7. The minimum atomic E-state index is -0.627. The highest BCUT2D eigenvalue weighted by atomic mass is 19.1. The fourth-order valence-electron chi connectivity index (χ4n) is 5.20. The van der Waals surface area contributed by atoms with Crippen molar-refractivity contribution in [2.45, 2.75) is 50.0 Å². The van der Waals surface area contributed by atoms with E-state index in [1.807, 2.05) is 24.3 Å². The molecule has 160 valence electrons. The van der Waals surface area contributed by atoms with E-state index in [1.165, 1.54) is 25.0 Å². The largest absolute Gasteiger partial charge is 0.496 e. The fraction of sp³-hybridized carbons (Fsp3) is 0.480. The Labute approximate surface area is 178 Å². The molecule has 1 heterocycles. The van der Waals surface area contributed by atoms with Gasteiger partial charge in [0, 0.05) is 12.1 Å². The van der Waals surface area contributed by atoms with Gasteiger partial charge < -0.3 is 10.1 Å². The molecule has 2 fully saturated rings. The Morgan fingerprint density at radius 3 is 2.53 bits per heavy atom. The lowest BCUT2D eigenvalue weighted by Crippen LogP contribution is -2.46. The number of nitrogens with one attached hydrogen (secondary N) is 1. The number of methoxy groups -OCH3 is 1. The molecule has 1 aliphatic carbocycles. The predicted octanol–water partition coefficient (Wildman–Crippen LogP) is 4.60. The Bertz CT molecular complexity index is 873. The molecule has 0 aromatic heterocycles. The van der Waals surface area contributed by atoms with E-state index in [-0.39, 0.29) is 17.8 Å². The lowest BCUT2D eigenvalue weighted by atomic mass is 9.78. The summed E-state index contributed by atoms with van der Waals surface area (Å²) in [6.45, 7) is 2.57. The molecule has 2 aromatic rings. The summed E-state index contributed by atoms with van der Waals surface area (Å²) < 4.78 is 19.5. The zero-order valence-electron chi connectivity index (χ0n) is 17.7. The van der Waals surface area contributed by atoms with Crippen LogP contribution in [0.4, 0.5) is 4.39 Å². The maximum atomic E-state index is 13.9. The van der Waals surface area contributed by atoms with E-state index in [1.54, 1.807) is 13.2 Å². The van der Waals surface area contributed by atoms with Gasteiger partial charge in [0.2, 0.25) is 5.91 Å². The van der Waals surface area contributed by atoms with E-state index >= 15 is 0 Å². The Morgan fingerprint density at radius 1 is 1.10 bits per heavy atom. The third-order valence-electron chi connectivity index (χ3n) is 6.80. The molecule has 1 amide bonds. The van der Waals surface area contributed by atoms with E-state index in [0.717, 1.165) is 55.6 Å². The first-order valence-corrected chi connectivity index (χ1v) is 11.1. The highest BCUT2D eigenvalue weighted by Crippen LogP contribution is 2.42. The third-order valence-corrected chi connectivity index (χ3v) is 6.80. The van der Waals surface area contributed by atoms with Crippen molar-refractivity contribution in [1.82, 2.24) is 10.2 Å². The van der Waals surface area contributed by atoms with Crippen molar-refractivity contribution in [3.8, 4) is 5.75 Å². The van der Waals surface area contributed by atoms with Gasteiger partial charge in [-0.05, 0) is 62.5 Å². The molecule has 0 spiro atoms. The van der Waals surface area contributed by atoms with Gasteiger partial charge in [0.25, 0.3) is 0 Å². The molecule has 4 rings (SSSR count). The summed E-state index contributed by atoms with van der Waals surface area (Å²) >= 11 is 0. The van der Waals surface area contributed by atoms with Crippen LogP contribution in [0.1, 0.15) is 55.7 Å². The second kappa shape index (κ2) is 9.17. The van der Waals surface area contributed by atoms with E-state index in [2.05, 4.69) is 16.3 Å². The van der Waals surface area contributed by atoms with Gasteiger partial charge in [-0.3, -0.25) is 9.69 Å². The normalized spacial score (nSPS) is 19.5. The van der Waals surface area contributed by atoms with Crippen molar-refractivity contribution in [2.75, 3.05) is 26.7 Å². The summed E-state index contributed by atoms with van der Waals surface area (Å²) in [7, 11) is 1.69. The van der Waals surface area contributed by atoms with Gasteiger partial charge in [-0.25, -0.2) is 4.39 Å². The lowest BCUT2D eigenvalue weighted by molar-refractivity contribution is -0.126. The fourth-order valence-corrected chi connectivity index (χ4v) is 5.20. The molecule has 30 heavy (non-hydrogen) atoms. The molecule has 2 aromatic carbocycles. The van der Waals surface area contributed by atoms with Gasteiger partial charge in [-0.15, -0.1) is 0 Å². The van der Waals surface area contributed by atoms with Gasteiger partial charge in [-0.2, -0.15) is 0 Å². The first-order chi connectivity index (χ1) is 14.6. The highest BCUT2D eigenvalue weighted by molar-refractivity contribution is 5.88. The number of hydrogen-bond donors (Lipinski definition) is 1. The number of carbonyl (C=O) groups excluding carboxylic acids is 1. The second-order valence-corrected chi connectivity index (χ2v) is 8.51. The molecule has 1 N–H and O–H groups in total. The van der Waals surface area contributed by atoms with Crippen molar-refractivity contribution in [3.63, 3.8) is 0 Å². The van der Waals surface area contributed by atoms with Crippen molar-refractivity contribution in [1.29, 1.82) is 0 Å². The molecule has 2 aliphatic rings. The standard InChI is InChI=1S/C25H31FN2O2/c1-30-23-12-3-2-11-21(23)22(28-15-6-7-16-28)18-27-24(29)25(13-4-5-14-25)19-9-8-10-20(26)17-19/h2-3,8-12,17,22H,4-7,13-16,18H2,1H3,(H,27,29). The van der Waals surface area contributed by atoms with Crippen LogP contribution in [0.25, 0.3) is 0 Å². The van der Waals surface area contributed by atoms with Gasteiger partial charge in [0.05, 0.1) is 18.6 Å². The topological polar surface area (TPSA) is 41.6 Å². The number of amides is 1. The molecule has 1 saturated carbocycles. The molecule has 0 radical (unpaired) electrons. The van der Waals surface area contributed by atoms with E-state index in [4.69, 9.17) is 4.74 Å². The number of halogens is 1. The molecule has 1 unspecified atom stereocenters. The predicted molar refractivity (Wildman–Crippen MR) is 116 cm³/mol. The monoisotopic (exact) mass is 410 g/mol. The van der Waals surface area contributed by atoms with Crippen LogP contribution >= 0.6 is 0 Å². The minimum Gasteiger partial charge on any atom is -0.496 e. The van der Waals surface area contributed by atoms with Crippen LogP contribution in [0.2, 0.25) is 0 Å². The second-order valence-electron chi connectivity index (χ2n) is 8.51. The van der Waals surface area contributed by atoms with Gasteiger partial charge in [0.15, 0.2) is 0 Å². The van der Waals surface area contributed by atoms with Gasteiger partial charge >= 0.3 is 0 Å². The first kappa shape index (κ1) is 20.9. The Hall–Kier alpha value is -2.40. The van der Waals surface area contributed by atoms with Crippen molar-refractivity contribution < 1.29 is 13.9 Å². The maximum Gasteiger partial charge on any atom is 0.230 e. The number of likely N-dealkylation sites (tertiary alicyclic amines) is 1. The van der Waals surface area contributed by atoms with Crippen LogP contribution in [0.15, 0.2) is 48.5 Å². The number of carbonyl (C=O) groups is 1. The average Bonchev–Trinajstić information content (AvgIpc) is 3.47. The van der Waals surface area contributed by atoms with Crippen molar-refractivity contribution in [3.05, 3.63) is 65.5 Å². The molecule has 1 atom stereocenters. The number of ether oxygens (including phenoxy) is 1. The van der Waals surface area contributed by atoms with Crippen LogP contribution < -0.4 is 10.1 Å². The summed E-state index contributed by atoms with van der Waals surface area (Å²) in [4.78, 5) is 15.9. The maximum absolute atomic E-state index is 13.9. The number of nitrogens with zero attached hydrogens (tertiary/aromatic N) is 1. The third kappa shape index (κ3) is 4.08. The van der Waals surface area contributed by atoms with Crippen LogP contribution in [-0.2, 0) is 10.2 Å². The SMILES string of the molecule is COc1ccccc1C(CNC(=O)C1(c2cccc(F)c2)CCCC1)N1CCCC1. The Morgan fingerprint density at radius 2 is 1.83 bits per heavy atom. The number of hydrogen-bond acceptors (Lipinski definition) is 3. The van der Waals surface area contributed by atoms with E-state index in [9.17, 15) is 9.18 Å². The zero-order chi connectivity index (χ0) is 21.0. The van der Waals surface area contributed by atoms with Gasteiger partial charge in [-0.1, -0.05) is 43.2 Å². The van der Waals surface area contributed by atoms with Gasteiger partial charge in [0.1, 0.15) is 11.6 Å². The Balaban J connectivity index is 1.57. The smallest absolute Gasteiger partial charge is 0.230 e. The van der Waals surface area contributed by atoms with Crippen LogP contribution in [0, 0.1) is 5.82 Å². The summed E-state index contributed by atoms with van der Waals surface area (Å²) in [5, 5.41) is 3.25. The quantitative estimate of drug-likeness (QED) is 0.725. The average molecular weight is 411 g/mol. The molecular weight excluding hydrogens is 379 g/mol. The first-order valence-electron chi connectivity index (χ1n) is 11.1. The molecule has 0 bridgehead atoms.